The van der Waals surface area contributed by atoms with Crippen molar-refractivity contribution in [3.63, 3.8) is 0 Å². The minimum absolute atomic E-state index is 0.0252. The number of carboxylic acid groups (broad SMARTS) is 1. The van der Waals surface area contributed by atoms with Crippen LogP contribution in [-0.2, 0) is 16.0 Å². The molecule has 3 N–H and O–H groups in total. The van der Waals surface area contributed by atoms with Gasteiger partial charge in [-0.3, -0.25) is 14.4 Å². The Morgan fingerprint density at radius 2 is 1.87 bits per heavy atom. The average molecular weight is 424 g/mol. The number of nitrogens with one attached hydrogen (secondary N) is 2. The fourth-order valence-electron chi connectivity index (χ4n) is 4.17. The first kappa shape index (κ1) is 22.5. The molecule has 0 aliphatic carbocycles. The molecular formula is C24H29N3O4. The van der Waals surface area contributed by atoms with Gasteiger partial charge in [0.25, 0.3) is 12.4 Å². The topological polar surface area (TPSA) is 98.7 Å². The monoisotopic (exact) mass is 423 g/mol. The Morgan fingerprint density at radius 3 is 2.52 bits per heavy atom. The zero-order valence-corrected chi connectivity index (χ0v) is 17.8. The summed E-state index contributed by atoms with van der Waals surface area (Å²) in [5.41, 5.74) is 5.12. The van der Waals surface area contributed by atoms with E-state index in [1.165, 1.54) is 12.0 Å². The van der Waals surface area contributed by atoms with Crippen LogP contribution in [0.25, 0.3) is 11.1 Å². The van der Waals surface area contributed by atoms with E-state index in [0.29, 0.717) is 18.2 Å². The van der Waals surface area contributed by atoms with Gasteiger partial charge in [0.2, 0.25) is 5.91 Å². The summed E-state index contributed by atoms with van der Waals surface area (Å²) in [6.45, 7) is 3.88. The van der Waals surface area contributed by atoms with Gasteiger partial charge in [0.05, 0.1) is 0 Å². The van der Waals surface area contributed by atoms with Crippen LogP contribution in [0.15, 0.2) is 42.5 Å². The van der Waals surface area contributed by atoms with E-state index in [1.807, 2.05) is 35.2 Å². The smallest absolute Gasteiger partial charge is 0.290 e. The number of nitrogens with zero attached hydrogens (tertiary/aromatic N) is 1. The lowest BCUT2D eigenvalue weighted by Crippen LogP contribution is -2.37. The molecule has 2 aromatic carbocycles. The number of hydrogen-bond donors (Lipinski definition) is 3. The van der Waals surface area contributed by atoms with Gasteiger partial charge in [0.15, 0.2) is 0 Å². The molecule has 2 heterocycles. The number of carbonyl (C=O) groups is 3. The molecule has 7 heteroatoms. The van der Waals surface area contributed by atoms with Gasteiger partial charge in [-0.15, -0.1) is 0 Å². The number of carbonyl (C=O) groups excluding carboxylic acids is 2. The summed E-state index contributed by atoms with van der Waals surface area (Å²) in [5, 5.41) is 13.3. The Hall–Kier alpha value is -3.19. The fraction of sp³-hybridized carbons (Fsp3) is 0.375. The van der Waals surface area contributed by atoms with Crippen LogP contribution in [0.3, 0.4) is 0 Å². The lowest BCUT2D eigenvalue weighted by atomic mass is 9.95. The normalized spacial score (nSPS) is 17.2. The predicted molar refractivity (Wildman–Crippen MR) is 120 cm³/mol. The molecule has 1 saturated heterocycles. The Labute approximate surface area is 182 Å². The molecule has 2 aliphatic heterocycles. The van der Waals surface area contributed by atoms with Gasteiger partial charge in [0.1, 0.15) is 0 Å². The zero-order chi connectivity index (χ0) is 22.2. The minimum Gasteiger partial charge on any atom is -0.483 e. The summed E-state index contributed by atoms with van der Waals surface area (Å²) in [5.74, 6) is 0.0691. The maximum atomic E-state index is 12.4. The second-order valence-corrected chi connectivity index (χ2v) is 7.80. The van der Waals surface area contributed by atoms with E-state index in [2.05, 4.69) is 22.8 Å². The summed E-state index contributed by atoms with van der Waals surface area (Å²) >= 11 is 0. The number of rotatable bonds is 4. The molecule has 0 saturated carbocycles. The second kappa shape index (κ2) is 10.7. The molecule has 2 amide bonds. The van der Waals surface area contributed by atoms with Crippen molar-refractivity contribution in [2.45, 2.75) is 38.6 Å². The van der Waals surface area contributed by atoms with Crippen molar-refractivity contribution in [2.75, 3.05) is 24.5 Å². The van der Waals surface area contributed by atoms with Gasteiger partial charge >= 0.3 is 0 Å². The highest BCUT2D eigenvalue weighted by atomic mass is 16.3. The Kier molecular flexibility index (Phi) is 7.78. The van der Waals surface area contributed by atoms with E-state index >= 15 is 0 Å². The zero-order valence-electron chi connectivity index (χ0n) is 17.8. The van der Waals surface area contributed by atoms with E-state index in [1.54, 1.807) is 6.92 Å². The van der Waals surface area contributed by atoms with E-state index in [4.69, 9.17) is 9.90 Å². The number of amides is 2. The lowest BCUT2D eigenvalue weighted by molar-refractivity contribution is -0.123. The van der Waals surface area contributed by atoms with Gasteiger partial charge in [-0.2, -0.15) is 0 Å². The van der Waals surface area contributed by atoms with Crippen LogP contribution in [0, 0.1) is 0 Å². The van der Waals surface area contributed by atoms with Crippen molar-refractivity contribution < 1.29 is 19.5 Å². The van der Waals surface area contributed by atoms with Gasteiger partial charge < -0.3 is 20.6 Å². The van der Waals surface area contributed by atoms with E-state index in [-0.39, 0.29) is 18.3 Å². The van der Waals surface area contributed by atoms with Crippen LogP contribution in [-0.4, -0.2) is 49.1 Å². The lowest BCUT2D eigenvalue weighted by Gasteiger charge is -2.29. The summed E-state index contributed by atoms with van der Waals surface area (Å²) in [6.07, 6.45) is 4.28. The fourth-order valence-corrected chi connectivity index (χ4v) is 4.17. The SMILES string of the molecule is CC(=O)N1CCCc2cc(-c3ccc(C(=O)NC[C@@H]4CCCN4)cc3)ccc21.O=CO. The highest BCUT2D eigenvalue weighted by Crippen LogP contribution is 2.31. The molecule has 4 rings (SSSR count). The third kappa shape index (κ3) is 5.70. The molecule has 0 spiro atoms. The maximum absolute atomic E-state index is 12.4. The van der Waals surface area contributed by atoms with Crippen LogP contribution in [0.4, 0.5) is 5.69 Å². The molecule has 7 nitrogen and oxygen atoms in total. The molecule has 2 aliphatic rings. The van der Waals surface area contributed by atoms with Crippen LogP contribution in [0.2, 0.25) is 0 Å². The minimum atomic E-state index is -0.250. The third-order valence-electron chi connectivity index (χ3n) is 5.73. The molecule has 1 atom stereocenters. The molecule has 1 fully saturated rings. The van der Waals surface area contributed by atoms with Crippen molar-refractivity contribution in [2.24, 2.45) is 0 Å². The van der Waals surface area contributed by atoms with Gasteiger partial charge in [0, 0.05) is 37.3 Å². The van der Waals surface area contributed by atoms with E-state index in [9.17, 15) is 9.59 Å². The van der Waals surface area contributed by atoms with Crippen molar-refractivity contribution >= 4 is 24.0 Å². The van der Waals surface area contributed by atoms with E-state index < -0.39 is 0 Å². The van der Waals surface area contributed by atoms with Crippen molar-refractivity contribution in [1.29, 1.82) is 0 Å². The predicted octanol–water partition coefficient (Wildman–Crippen LogP) is 2.84. The number of hydrogen-bond acceptors (Lipinski definition) is 4. The summed E-state index contributed by atoms with van der Waals surface area (Å²) in [6, 6.07) is 14.4. The maximum Gasteiger partial charge on any atom is 0.290 e. The summed E-state index contributed by atoms with van der Waals surface area (Å²) in [4.78, 5) is 34.4. The molecule has 0 bridgehead atoms. The number of fused-ring (bicyclic) bond motifs is 1. The molecule has 2 aromatic rings. The molecule has 0 unspecified atom stereocenters. The van der Waals surface area contributed by atoms with Gasteiger partial charge in [-0.25, -0.2) is 0 Å². The molecular weight excluding hydrogens is 394 g/mol. The van der Waals surface area contributed by atoms with Gasteiger partial charge in [-0.1, -0.05) is 18.2 Å². The average Bonchev–Trinajstić information content (AvgIpc) is 3.31. The Balaban J connectivity index is 0.000000858. The van der Waals surface area contributed by atoms with Crippen molar-refractivity contribution in [1.82, 2.24) is 10.6 Å². The Bertz CT molecular complexity index is 921. The summed E-state index contributed by atoms with van der Waals surface area (Å²) in [7, 11) is 0. The van der Waals surface area contributed by atoms with Crippen LogP contribution >= 0.6 is 0 Å². The largest absolute Gasteiger partial charge is 0.483 e. The first-order chi connectivity index (χ1) is 15.0. The van der Waals surface area contributed by atoms with Gasteiger partial charge in [-0.05, 0) is 73.2 Å². The number of anilines is 1. The first-order valence-corrected chi connectivity index (χ1v) is 10.6. The number of aryl methyl sites for hydroxylation is 1. The Morgan fingerprint density at radius 1 is 1.16 bits per heavy atom. The summed E-state index contributed by atoms with van der Waals surface area (Å²) < 4.78 is 0. The van der Waals surface area contributed by atoms with Crippen molar-refractivity contribution in [3.8, 4) is 11.1 Å². The van der Waals surface area contributed by atoms with Crippen LogP contribution in [0.5, 0.6) is 0 Å². The molecule has 0 aromatic heterocycles. The highest BCUT2D eigenvalue weighted by Gasteiger charge is 2.20. The molecule has 31 heavy (non-hydrogen) atoms. The highest BCUT2D eigenvalue weighted by molar-refractivity contribution is 5.95. The molecule has 0 radical (unpaired) electrons. The standard InChI is InChI=1S/C23H27N3O2.CH2O2/c1-16(27)26-13-3-4-20-14-19(10-11-22(20)26)17-6-8-18(9-7-17)23(28)25-15-21-5-2-12-24-21;2-1-3/h6-11,14,21,24H,2-5,12-13,15H2,1H3,(H,25,28);1H,(H,2,3)/t21-;/m0./s1. The van der Waals surface area contributed by atoms with Crippen LogP contribution < -0.4 is 15.5 Å². The first-order valence-electron chi connectivity index (χ1n) is 10.6. The number of benzene rings is 2. The second-order valence-electron chi connectivity index (χ2n) is 7.80. The van der Waals surface area contributed by atoms with E-state index in [0.717, 1.165) is 49.2 Å². The van der Waals surface area contributed by atoms with Crippen LogP contribution in [0.1, 0.15) is 42.1 Å². The third-order valence-corrected chi connectivity index (χ3v) is 5.73. The molecule has 164 valence electrons. The quantitative estimate of drug-likeness (QED) is 0.657. The van der Waals surface area contributed by atoms with Crippen molar-refractivity contribution in [3.05, 3.63) is 53.6 Å².